The summed E-state index contributed by atoms with van der Waals surface area (Å²) in [5.74, 6) is 0.900. The van der Waals surface area contributed by atoms with Crippen LogP contribution in [0.25, 0.3) is 6.08 Å². The predicted octanol–water partition coefficient (Wildman–Crippen LogP) is 3.55. The lowest BCUT2D eigenvalue weighted by molar-refractivity contribution is -0.127. The van der Waals surface area contributed by atoms with E-state index in [0.29, 0.717) is 12.6 Å². The standard InChI is InChI=1S/C15H15NO2S/c17-15(8-7-14-4-2-10-19-14)16(12-5-6-12)11-13-3-1-9-18-13/h1-4,7-10,12H,5-6,11H2. The Morgan fingerprint density at radius 2 is 2.32 bits per heavy atom. The van der Waals surface area contributed by atoms with E-state index in [9.17, 15) is 4.79 Å². The molecule has 0 aliphatic heterocycles. The Kier molecular flexibility index (Phi) is 3.51. The van der Waals surface area contributed by atoms with E-state index in [0.717, 1.165) is 23.5 Å². The summed E-state index contributed by atoms with van der Waals surface area (Å²) < 4.78 is 5.33. The van der Waals surface area contributed by atoms with E-state index >= 15 is 0 Å². The van der Waals surface area contributed by atoms with E-state index in [1.807, 2.05) is 40.6 Å². The van der Waals surface area contributed by atoms with Crippen molar-refractivity contribution in [1.82, 2.24) is 4.90 Å². The lowest BCUT2D eigenvalue weighted by atomic mass is 10.3. The lowest BCUT2D eigenvalue weighted by Crippen LogP contribution is -2.30. The fourth-order valence-electron chi connectivity index (χ4n) is 1.98. The number of hydrogen-bond acceptors (Lipinski definition) is 3. The van der Waals surface area contributed by atoms with E-state index in [2.05, 4.69) is 0 Å². The minimum atomic E-state index is 0.0623. The predicted molar refractivity (Wildman–Crippen MR) is 75.6 cm³/mol. The van der Waals surface area contributed by atoms with E-state index in [4.69, 9.17) is 4.42 Å². The summed E-state index contributed by atoms with van der Waals surface area (Å²) in [6, 6.07) is 8.13. The highest BCUT2D eigenvalue weighted by atomic mass is 32.1. The third kappa shape index (κ3) is 3.15. The van der Waals surface area contributed by atoms with Gasteiger partial charge >= 0.3 is 0 Å². The van der Waals surface area contributed by atoms with Crippen molar-refractivity contribution in [1.29, 1.82) is 0 Å². The first-order chi connectivity index (χ1) is 9.33. The zero-order chi connectivity index (χ0) is 13.1. The summed E-state index contributed by atoms with van der Waals surface area (Å²) in [6.07, 6.45) is 7.38. The number of thiophene rings is 1. The van der Waals surface area contributed by atoms with Gasteiger partial charge in [0.2, 0.25) is 5.91 Å². The first-order valence-corrected chi connectivity index (χ1v) is 7.25. The normalized spacial score (nSPS) is 14.9. The molecule has 1 saturated carbocycles. The smallest absolute Gasteiger partial charge is 0.247 e. The van der Waals surface area contributed by atoms with Crippen LogP contribution in [0, 0.1) is 0 Å². The topological polar surface area (TPSA) is 33.5 Å². The van der Waals surface area contributed by atoms with Crippen molar-refractivity contribution < 1.29 is 9.21 Å². The van der Waals surface area contributed by atoms with Crippen LogP contribution in [0.2, 0.25) is 0 Å². The Bertz CT molecular complexity index is 553. The molecule has 0 atom stereocenters. The lowest BCUT2D eigenvalue weighted by Gasteiger charge is -2.19. The highest BCUT2D eigenvalue weighted by Gasteiger charge is 2.32. The number of furan rings is 1. The van der Waals surface area contributed by atoms with E-state index in [-0.39, 0.29) is 5.91 Å². The van der Waals surface area contributed by atoms with Crippen molar-refractivity contribution in [2.75, 3.05) is 0 Å². The average Bonchev–Trinajstić information content (AvgIpc) is 2.94. The zero-order valence-electron chi connectivity index (χ0n) is 10.5. The second-order valence-electron chi connectivity index (χ2n) is 4.63. The van der Waals surface area contributed by atoms with Gasteiger partial charge in [-0.2, -0.15) is 0 Å². The highest BCUT2D eigenvalue weighted by Crippen LogP contribution is 2.29. The Morgan fingerprint density at radius 1 is 1.42 bits per heavy atom. The van der Waals surface area contributed by atoms with Gasteiger partial charge in [0.25, 0.3) is 0 Å². The van der Waals surface area contributed by atoms with Crippen molar-refractivity contribution in [3.05, 3.63) is 52.6 Å². The largest absolute Gasteiger partial charge is 0.467 e. The second kappa shape index (κ2) is 5.45. The number of carbonyl (C=O) groups is 1. The molecule has 0 saturated heterocycles. The summed E-state index contributed by atoms with van der Waals surface area (Å²) >= 11 is 1.63. The third-order valence-electron chi connectivity index (χ3n) is 3.11. The molecule has 0 unspecified atom stereocenters. The molecule has 0 aromatic carbocycles. The van der Waals surface area contributed by atoms with Crippen molar-refractivity contribution in [3.8, 4) is 0 Å². The molecular weight excluding hydrogens is 258 g/mol. The summed E-state index contributed by atoms with van der Waals surface area (Å²) in [5, 5.41) is 2.01. The molecule has 1 fully saturated rings. The second-order valence-corrected chi connectivity index (χ2v) is 5.60. The molecule has 0 bridgehead atoms. The Labute approximate surface area is 116 Å². The van der Waals surface area contributed by atoms with Crippen LogP contribution in [-0.4, -0.2) is 16.8 Å². The van der Waals surface area contributed by atoms with E-state index < -0.39 is 0 Å². The molecular formula is C15H15NO2S. The summed E-state index contributed by atoms with van der Waals surface area (Å²) in [6.45, 7) is 0.561. The fraction of sp³-hybridized carbons (Fsp3) is 0.267. The van der Waals surface area contributed by atoms with E-state index in [1.54, 1.807) is 23.7 Å². The van der Waals surface area contributed by atoms with Crippen LogP contribution in [0.3, 0.4) is 0 Å². The van der Waals surface area contributed by atoms with Crippen LogP contribution in [0.4, 0.5) is 0 Å². The first kappa shape index (κ1) is 12.2. The van der Waals surface area contributed by atoms with Crippen molar-refractivity contribution in [3.63, 3.8) is 0 Å². The fourth-order valence-corrected chi connectivity index (χ4v) is 2.60. The maximum Gasteiger partial charge on any atom is 0.247 e. The maximum atomic E-state index is 12.2. The van der Waals surface area contributed by atoms with Gasteiger partial charge in [-0.05, 0) is 42.5 Å². The van der Waals surface area contributed by atoms with Crippen LogP contribution >= 0.6 is 11.3 Å². The van der Waals surface area contributed by atoms with Crippen molar-refractivity contribution >= 4 is 23.3 Å². The first-order valence-electron chi connectivity index (χ1n) is 6.37. The van der Waals surface area contributed by atoms with Crippen LogP contribution < -0.4 is 0 Å². The molecule has 1 amide bonds. The number of nitrogens with zero attached hydrogens (tertiary/aromatic N) is 1. The molecule has 2 heterocycles. The molecule has 19 heavy (non-hydrogen) atoms. The van der Waals surface area contributed by atoms with Gasteiger partial charge in [-0.1, -0.05) is 6.07 Å². The number of hydrogen-bond donors (Lipinski definition) is 0. The molecule has 1 aliphatic carbocycles. The molecule has 2 aromatic heterocycles. The zero-order valence-corrected chi connectivity index (χ0v) is 11.3. The van der Waals surface area contributed by atoms with Crippen LogP contribution in [0.15, 0.2) is 46.4 Å². The molecule has 0 N–H and O–H groups in total. The minimum Gasteiger partial charge on any atom is -0.467 e. The Balaban J connectivity index is 1.68. The third-order valence-corrected chi connectivity index (χ3v) is 3.95. The van der Waals surface area contributed by atoms with Gasteiger partial charge in [0.15, 0.2) is 0 Å². The summed E-state index contributed by atoms with van der Waals surface area (Å²) in [5.41, 5.74) is 0. The number of carbonyl (C=O) groups excluding carboxylic acids is 1. The minimum absolute atomic E-state index is 0.0623. The van der Waals surface area contributed by atoms with Gasteiger partial charge in [-0.15, -0.1) is 11.3 Å². The van der Waals surface area contributed by atoms with Crippen molar-refractivity contribution in [2.45, 2.75) is 25.4 Å². The van der Waals surface area contributed by atoms with Gasteiger partial charge in [0, 0.05) is 17.0 Å². The molecule has 98 valence electrons. The summed E-state index contributed by atoms with van der Waals surface area (Å²) in [4.78, 5) is 15.2. The Morgan fingerprint density at radius 3 is 2.95 bits per heavy atom. The quantitative estimate of drug-likeness (QED) is 0.781. The van der Waals surface area contributed by atoms with Crippen molar-refractivity contribution in [2.24, 2.45) is 0 Å². The van der Waals surface area contributed by atoms with Gasteiger partial charge in [0.1, 0.15) is 5.76 Å². The molecule has 1 aliphatic rings. The Hall–Kier alpha value is -1.81. The number of rotatable bonds is 5. The molecule has 4 heteroatoms. The summed E-state index contributed by atoms with van der Waals surface area (Å²) in [7, 11) is 0. The molecule has 3 rings (SSSR count). The highest BCUT2D eigenvalue weighted by molar-refractivity contribution is 7.10. The molecule has 0 spiro atoms. The van der Waals surface area contributed by atoms with Crippen LogP contribution in [0.1, 0.15) is 23.5 Å². The van der Waals surface area contributed by atoms with Gasteiger partial charge in [-0.3, -0.25) is 4.79 Å². The van der Waals surface area contributed by atoms with Gasteiger partial charge in [-0.25, -0.2) is 0 Å². The maximum absolute atomic E-state index is 12.2. The number of amides is 1. The van der Waals surface area contributed by atoms with Gasteiger partial charge in [0.05, 0.1) is 12.8 Å². The van der Waals surface area contributed by atoms with E-state index in [1.165, 1.54) is 0 Å². The monoisotopic (exact) mass is 273 g/mol. The average molecular weight is 273 g/mol. The van der Waals surface area contributed by atoms with Gasteiger partial charge < -0.3 is 9.32 Å². The SMILES string of the molecule is O=C(C=Cc1cccs1)N(Cc1ccco1)C1CC1. The molecule has 2 aromatic rings. The molecule has 3 nitrogen and oxygen atoms in total. The molecule has 0 radical (unpaired) electrons. The van der Waals surface area contributed by atoms with Crippen LogP contribution in [-0.2, 0) is 11.3 Å². The van der Waals surface area contributed by atoms with Crippen LogP contribution in [0.5, 0.6) is 0 Å².